The number of nitrogens with one attached hydrogen (secondary N) is 2. The molecule has 2 N–H and O–H groups in total. The van der Waals surface area contributed by atoms with E-state index in [1.165, 1.54) is 0 Å². The molecule has 6 heteroatoms. The second-order valence-electron chi connectivity index (χ2n) is 6.31. The van der Waals surface area contributed by atoms with Crippen LogP contribution in [-0.2, 0) is 16.0 Å². The summed E-state index contributed by atoms with van der Waals surface area (Å²) in [6.45, 7) is 5.16. The predicted octanol–water partition coefficient (Wildman–Crippen LogP) is 3.81. The molecule has 0 saturated heterocycles. The van der Waals surface area contributed by atoms with Crippen LogP contribution in [0.15, 0.2) is 48.5 Å². The van der Waals surface area contributed by atoms with Crippen LogP contribution in [0.25, 0.3) is 0 Å². The molecule has 0 atom stereocenters. The van der Waals surface area contributed by atoms with Gasteiger partial charge in [-0.15, -0.1) is 0 Å². The Morgan fingerprint density at radius 3 is 2.38 bits per heavy atom. The summed E-state index contributed by atoms with van der Waals surface area (Å²) in [5, 5.41) is 6.01. The van der Waals surface area contributed by atoms with Crippen LogP contribution in [0.4, 0.5) is 5.69 Å². The number of hydrogen-bond donors (Lipinski definition) is 2. The highest BCUT2D eigenvalue weighted by Crippen LogP contribution is 2.21. The van der Waals surface area contributed by atoms with Crippen molar-refractivity contribution in [2.75, 3.05) is 11.9 Å². The molecule has 2 aromatic rings. The Morgan fingerprint density at radius 1 is 1.08 bits per heavy atom. The molecule has 0 unspecified atom stereocenters. The standard InChI is InChI=1S/C20H23ClN2O3/c1-4-14-7-5-6-8-17(14)23-18(24)13-22-19(25)20(2,3)26-16-11-9-15(21)10-12-16/h5-12H,4,13H2,1-3H3,(H,22,25)(H,23,24). The van der Waals surface area contributed by atoms with Crippen LogP contribution in [0, 0.1) is 0 Å². The minimum Gasteiger partial charge on any atom is -0.478 e. The monoisotopic (exact) mass is 374 g/mol. The van der Waals surface area contributed by atoms with Crippen molar-refractivity contribution in [1.82, 2.24) is 5.32 Å². The molecule has 0 saturated carbocycles. The van der Waals surface area contributed by atoms with E-state index in [0.29, 0.717) is 10.8 Å². The van der Waals surface area contributed by atoms with Gasteiger partial charge in [0.1, 0.15) is 5.75 Å². The maximum atomic E-state index is 12.4. The normalized spacial score (nSPS) is 10.9. The number of ether oxygens (including phenoxy) is 1. The van der Waals surface area contributed by atoms with Crippen molar-refractivity contribution in [2.45, 2.75) is 32.8 Å². The first kappa shape index (κ1) is 19.8. The van der Waals surface area contributed by atoms with Crippen molar-refractivity contribution in [3.05, 3.63) is 59.1 Å². The maximum absolute atomic E-state index is 12.4. The van der Waals surface area contributed by atoms with E-state index >= 15 is 0 Å². The fourth-order valence-corrected chi connectivity index (χ4v) is 2.49. The van der Waals surface area contributed by atoms with Gasteiger partial charge in [0.2, 0.25) is 5.91 Å². The molecule has 0 aromatic heterocycles. The SMILES string of the molecule is CCc1ccccc1NC(=O)CNC(=O)C(C)(C)Oc1ccc(Cl)cc1. The number of halogens is 1. The highest BCUT2D eigenvalue weighted by Gasteiger charge is 2.30. The third kappa shape index (κ3) is 5.49. The average Bonchev–Trinajstić information content (AvgIpc) is 2.62. The quantitative estimate of drug-likeness (QED) is 0.774. The number of hydrogen-bond acceptors (Lipinski definition) is 3. The zero-order valence-corrected chi connectivity index (χ0v) is 15.9. The molecular weight excluding hydrogens is 352 g/mol. The van der Waals surface area contributed by atoms with Gasteiger partial charge in [0.05, 0.1) is 6.54 Å². The fraction of sp³-hybridized carbons (Fsp3) is 0.300. The average molecular weight is 375 g/mol. The minimum atomic E-state index is -1.13. The Morgan fingerprint density at radius 2 is 1.73 bits per heavy atom. The Labute approximate surface area is 158 Å². The second kappa shape index (κ2) is 8.72. The number of anilines is 1. The Kier molecular flexibility index (Phi) is 6.64. The highest BCUT2D eigenvalue weighted by molar-refractivity contribution is 6.30. The van der Waals surface area contributed by atoms with Crippen LogP contribution in [0.5, 0.6) is 5.75 Å². The smallest absolute Gasteiger partial charge is 0.264 e. The summed E-state index contributed by atoms with van der Waals surface area (Å²) in [5.74, 6) is -0.149. The first-order chi connectivity index (χ1) is 12.3. The Hall–Kier alpha value is -2.53. The molecule has 2 aromatic carbocycles. The molecule has 0 heterocycles. The molecule has 0 bridgehead atoms. The third-order valence-electron chi connectivity index (χ3n) is 3.82. The largest absolute Gasteiger partial charge is 0.478 e. The van der Waals surface area contributed by atoms with Crippen LogP contribution < -0.4 is 15.4 Å². The van der Waals surface area contributed by atoms with Gasteiger partial charge < -0.3 is 15.4 Å². The van der Waals surface area contributed by atoms with E-state index in [-0.39, 0.29) is 18.4 Å². The van der Waals surface area contributed by atoms with Gasteiger partial charge in [-0.2, -0.15) is 0 Å². The molecule has 0 aliphatic rings. The van der Waals surface area contributed by atoms with E-state index in [2.05, 4.69) is 10.6 Å². The van der Waals surface area contributed by atoms with E-state index in [1.807, 2.05) is 31.2 Å². The third-order valence-corrected chi connectivity index (χ3v) is 4.07. The Balaban J connectivity index is 1.90. The van der Waals surface area contributed by atoms with Gasteiger partial charge >= 0.3 is 0 Å². The highest BCUT2D eigenvalue weighted by atomic mass is 35.5. The summed E-state index contributed by atoms with van der Waals surface area (Å²) in [6, 6.07) is 14.3. The van der Waals surface area contributed by atoms with Crippen LogP contribution in [0.3, 0.4) is 0 Å². The molecule has 138 valence electrons. The summed E-state index contributed by atoms with van der Waals surface area (Å²) >= 11 is 5.84. The van der Waals surface area contributed by atoms with Crippen LogP contribution in [0.1, 0.15) is 26.3 Å². The number of para-hydroxylation sites is 1. The number of rotatable bonds is 7. The van der Waals surface area contributed by atoms with Crippen molar-refractivity contribution in [2.24, 2.45) is 0 Å². The summed E-state index contributed by atoms with van der Waals surface area (Å²) in [4.78, 5) is 24.5. The minimum absolute atomic E-state index is 0.135. The molecule has 0 aliphatic heterocycles. The van der Waals surface area contributed by atoms with Crippen molar-refractivity contribution >= 4 is 29.1 Å². The van der Waals surface area contributed by atoms with Gasteiger partial charge in [0.25, 0.3) is 5.91 Å². The van der Waals surface area contributed by atoms with Crippen LogP contribution in [0.2, 0.25) is 5.02 Å². The van der Waals surface area contributed by atoms with Crippen LogP contribution in [-0.4, -0.2) is 24.0 Å². The molecule has 0 fully saturated rings. The van der Waals surface area contributed by atoms with Crippen molar-refractivity contribution in [3.63, 3.8) is 0 Å². The predicted molar refractivity (Wildman–Crippen MR) is 104 cm³/mol. The number of amides is 2. The van der Waals surface area contributed by atoms with Gasteiger partial charge in [0, 0.05) is 10.7 Å². The summed E-state index contributed by atoms with van der Waals surface area (Å²) in [7, 11) is 0. The molecular formula is C20H23ClN2O3. The van der Waals surface area contributed by atoms with Gasteiger partial charge in [0.15, 0.2) is 5.60 Å². The lowest BCUT2D eigenvalue weighted by atomic mass is 10.1. The van der Waals surface area contributed by atoms with Crippen molar-refractivity contribution < 1.29 is 14.3 Å². The van der Waals surface area contributed by atoms with Gasteiger partial charge in [-0.05, 0) is 56.2 Å². The van der Waals surface area contributed by atoms with E-state index in [4.69, 9.17) is 16.3 Å². The van der Waals surface area contributed by atoms with E-state index in [1.54, 1.807) is 38.1 Å². The second-order valence-corrected chi connectivity index (χ2v) is 6.74. The van der Waals surface area contributed by atoms with Gasteiger partial charge in [-0.1, -0.05) is 36.7 Å². The zero-order chi connectivity index (χ0) is 19.2. The topological polar surface area (TPSA) is 67.4 Å². The van der Waals surface area contributed by atoms with Gasteiger partial charge in [-0.25, -0.2) is 0 Å². The van der Waals surface area contributed by atoms with E-state index < -0.39 is 5.60 Å². The molecule has 5 nitrogen and oxygen atoms in total. The molecule has 26 heavy (non-hydrogen) atoms. The molecule has 2 amide bonds. The van der Waals surface area contributed by atoms with E-state index in [0.717, 1.165) is 17.7 Å². The van der Waals surface area contributed by atoms with Crippen LogP contribution >= 0.6 is 11.6 Å². The molecule has 0 aliphatic carbocycles. The first-order valence-corrected chi connectivity index (χ1v) is 8.80. The number of carbonyl (C=O) groups is 2. The Bertz CT molecular complexity index is 773. The molecule has 0 spiro atoms. The van der Waals surface area contributed by atoms with Crippen molar-refractivity contribution in [3.8, 4) is 5.75 Å². The first-order valence-electron chi connectivity index (χ1n) is 8.42. The zero-order valence-electron chi connectivity index (χ0n) is 15.1. The van der Waals surface area contributed by atoms with Crippen molar-refractivity contribution in [1.29, 1.82) is 0 Å². The van der Waals surface area contributed by atoms with E-state index in [9.17, 15) is 9.59 Å². The number of benzene rings is 2. The maximum Gasteiger partial charge on any atom is 0.264 e. The lowest BCUT2D eigenvalue weighted by Crippen LogP contribution is -2.48. The lowest BCUT2D eigenvalue weighted by Gasteiger charge is -2.25. The van der Waals surface area contributed by atoms with Gasteiger partial charge in [-0.3, -0.25) is 9.59 Å². The summed E-state index contributed by atoms with van der Waals surface area (Å²) in [5.41, 5.74) is 0.666. The number of carbonyl (C=O) groups excluding carboxylic acids is 2. The summed E-state index contributed by atoms with van der Waals surface area (Å²) < 4.78 is 5.70. The summed E-state index contributed by atoms with van der Waals surface area (Å²) in [6.07, 6.45) is 0.810. The fourth-order valence-electron chi connectivity index (χ4n) is 2.36. The lowest BCUT2D eigenvalue weighted by molar-refractivity contribution is -0.135. The molecule has 0 radical (unpaired) electrons. The number of aryl methyl sites for hydroxylation is 1. The molecule has 2 rings (SSSR count).